The standard InChI is InChI=1S/C14H16FN3O2/c1-2-7-18-9-16-8-12(18)13(14(19)20)17-11-5-3-10(15)4-6-11/h3-6,8-9,13,17H,2,7H2,1H3,(H,19,20). The van der Waals surface area contributed by atoms with E-state index < -0.39 is 12.0 Å². The van der Waals surface area contributed by atoms with E-state index in [9.17, 15) is 14.3 Å². The number of aryl methyl sites for hydroxylation is 1. The molecule has 1 heterocycles. The van der Waals surface area contributed by atoms with Crippen molar-refractivity contribution in [2.45, 2.75) is 25.9 Å². The molecule has 0 spiro atoms. The monoisotopic (exact) mass is 277 g/mol. The van der Waals surface area contributed by atoms with Crippen LogP contribution >= 0.6 is 0 Å². The SMILES string of the molecule is CCCn1cncc1C(Nc1ccc(F)cc1)C(=O)O. The first kappa shape index (κ1) is 14.0. The fourth-order valence-electron chi connectivity index (χ4n) is 1.97. The number of benzene rings is 1. The minimum absolute atomic E-state index is 0.363. The van der Waals surface area contributed by atoms with Crippen molar-refractivity contribution in [2.24, 2.45) is 0 Å². The Morgan fingerprint density at radius 2 is 2.15 bits per heavy atom. The van der Waals surface area contributed by atoms with E-state index in [0.717, 1.165) is 6.42 Å². The van der Waals surface area contributed by atoms with Crippen LogP contribution < -0.4 is 5.32 Å². The molecule has 0 aliphatic carbocycles. The lowest BCUT2D eigenvalue weighted by molar-refractivity contribution is -0.138. The van der Waals surface area contributed by atoms with Gasteiger partial charge in [0.15, 0.2) is 6.04 Å². The smallest absolute Gasteiger partial charge is 0.332 e. The number of carbonyl (C=O) groups is 1. The van der Waals surface area contributed by atoms with Gasteiger partial charge in [0, 0.05) is 12.2 Å². The molecule has 0 saturated carbocycles. The fourth-order valence-corrected chi connectivity index (χ4v) is 1.97. The van der Waals surface area contributed by atoms with E-state index in [0.29, 0.717) is 17.9 Å². The molecule has 0 fully saturated rings. The molecule has 0 aliphatic heterocycles. The van der Waals surface area contributed by atoms with Crippen molar-refractivity contribution in [2.75, 3.05) is 5.32 Å². The number of carboxylic acids is 1. The molecular formula is C14H16FN3O2. The first-order valence-corrected chi connectivity index (χ1v) is 6.36. The number of carboxylic acid groups (broad SMARTS) is 1. The lowest BCUT2D eigenvalue weighted by Gasteiger charge is -2.17. The van der Waals surface area contributed by atoms with Gasteiger partial charge in [0.1, 0.15) is 5.82 Å². The molecule has 1 aromatic heterocycles. The predicted octanol–water partition coefficient (Wildman–Crippen LogP) is 2.67. The van der Waals surface area contributed by atoms with Gasteiger partial charge in [-0.05, 0) is 30.7 Å². The zero-order chi connectivity index (χ0) is 14.5. The molecule has 6 heteroatoms. The highest BCUT2D eigenvalue weighted by molar-refractivity contribution is 5.78. The summed E-state index contributed by atoms with van der Waals surface area (Å²) in [5, 5.41) is 12.3. The van der Waals surface area contributed by atoms with Crippen LogP contribution in [-0.2, 0) is 11.3 Å². The normalized spacial score (nSPS) is 12.1. The number of aromatic nitrogens is 2. The lowest BCUT2D eigenvalue weighted by atomic mass is 10.2. The minimum atomic E-state index is -1.01. The van der Waals surface area contributed by atoms with Crippen LogP contribution in [0, 0.1) is 5.82 Å². The Hall–Kier alpha value is -2.37. The van der Waals surface area contributed by atoms with E-state index in [1.54, 1.807) is 10.9 Å². The third kappa shape index (κ3) is 3.14. The Morgan fingerprint density at radius 1 is 1.45 bits per heavy atom. The van der Waals surface area contributed by atoms with Gasteiger partial charge in [-0.2, -0.15) is 0 Å². The van der Waals surface area contributed by atoms with Crippen LogP contribution in [0.1, 0.15) is 25.1 Å². The highest BCUT2D eigenvalue weighted by atomic mass is 19.1. The van der Waals surface area contributed by atoms with Gasteiger partial charge in [0.2, 0.25) is 0 Å². The zero-order valence-electron chi connectivity index (χ0n) is 11.1. The van der Waals surface area contributed by atoms with Crippen molar-refractivity contribution in [3.8, 4) is 0 Å². The molecule has 1 atom stereocenters. The third-order valence-corrected chi connectivity index (χ3v) is 2.91. The quantitative estimate of drug-likeness (QED) is 0.852. The van der Waals surface area contributed by atoms with Crippen molar-refractivity contribution < 1.29 is 14.3 Å². The van der Waals surface area contributed by atoms with Crippen LogP contribution in [0.4, 0.5) is 10.1 Å². The van der Waals surface area contributed by atoms with Crippen LogP contribution in [-0.4, -0.2) is 20.6 Å². The second kappa shape index (κ2) is 6.18. The van der Waals surface area contributed by atoms with E-state index in [1.165, 1.54) is 30.5 Å². The summed E-state index contributed by atoms with van der Waals surface area (Å²) in [4.78, 5) is 15.4. The topological polar surface area (TPSA) is 67.2 Å². The van der Waals surface area contributed by atoms with Gasteiger partial charge in [-0.1, -0.05) is 6.92 Å². The van der Waals surface area contributed by atoms with Crippen LogP contribution in [0.15, 0.2) is 36.8 Å². The van der Waals surface area contributed by atoms with Gasteiger partial charge in [0.05, 0.1) is 18.2 Å². The maximum atomic E-state index is 12.9. The number of nitrogens with one attached hydrogen (secondary N) is 1. The molecule has 2 rings (SSSR count). The number of anilines is 1. The third-order valence-electron chi connectivity index (χ3n) is 2.91. The first-order valence-electron chi connectivity index (χ1n) is 6.36. The molecule has 20 heavy (non-hydrogen) atoms. The van der Waals surface area contributed by atoms with E-state index in [1.807, 2.05) is 6.92 Å². The Labute approximate surface area is 116 Å². The molecule has 1 aromatic carbocycles. The number of rotatable bonds is 6. The second-order valence-corrected chi connectivity index (χ2v) is 4.43. The number of hydrogen-bond donors (Lipinski definition) is 2. The van der Waals surface area contributed by atoms with Crippen LogP contribution in [0.5, 0.6) is 0 Å². The van der Waals surface area contributed by atoms with E-state index in [2.05, 4.69) is 10.3 Å². The highest BCUT2D eigenvalue weighted by Gasteiger charge is 2.23. The molecule has 5 nitrogen and oxygen atoms in total. The number of aliphatic carboxylic acids is 1. The fraction of sp³-hybridized carbons (Fsp3) is 0.286. The predicted molar refractivity (Wildman–Crippen MR) is 72.9 cm³/mol. The average molecular weight is 277 g/mol. The lowest BCUT2D eigenvalue weighted by Crippen LogP contribution is -2.23. The summed E-state index contributed by atoms with van der Waals surface area (Å²) in [6, 6.07) is 4.65. The van der Waals surface area contributed by atoms with Crippen LogP contribution in [0.25, 0.3) is 0 Å². The minimum Gasteiger partial charge on any atom is -0.479 e. The van der Waals surface area contributed by atoms with E-state index in [-0.39, 0.29) is 5.82 Å². The number of imidazole rings is 1. The van der Waals surface area contributed by atoms with Crippen molar-refractivity contribution in [3.05, 3.63) is 48.3 Å². The molecular weight excluding hydrogens is 261 g/mol. The molecule has 2 aromatic rings. The Bertz CT molecular complexity index is 580. The summed E-state index contributed by atoms with van der Waals surface area (Å²) in [7, 11) is 0. The average Bonchev–Trinajstić information content (AvgIpc) is 2.86. The largest absolute Gasteiger partial charge is 0.479 e. The van der Waals surface area contributed by atoms with Gasteiger partial charge in [-0.15, -0.1) is 0 Å². The molecule has 0 bridgehead atoms. The molecule has 1 unspecified atom stereocenters. The highest BCUT2D eigenvalue weighted by Crippen LogP contribution is 2.20. The molecule has 0 aliphatic rings. The van der Waals surface area contributed by atoms with Crippen LogP contribution in [0.2, 0.25) is 0 Å². The zero-order valence-corrected chi connectivity index (χ0v) is 11.1. The number of nitrogens with zero attached hydrogens (tertiary/aromatic N) is 2. The molecule has 0 radical (unpaired) electrons. The number of hydrogen-bond acceptors (Lipinski definition) is 3. The Morgan fingerprint density at radius 3 is 2.75 bits per heavy atom. The summed E-state index contributed by atoms with van der Waals surface area (Å²) >= 11 is 0. The maximum Gasteiger partial charge on any atom is 0.332 e. The molecule has 0 amide bonds. The van der Waals surface area contributed by atoms with E-state index >= 15 is 0 Å². The Balaban J connectivity index is 2.25. The summed E-state index contributed by atoms with van der Waals surface area (Å²) in [6.07, 6.45) is 4.03. The van der Waals surface area contributed by atoms with Crippen LogP contribution in [0.3, 0.4) is 0 Å². The molecule has 2 N–H and O–H groups in total. The van der Waals surface area contributed by atoms with Gasteiger partial charge < -0.3 is 15.0 Å². The maximum absolute atomic E-state index is 12.9. The summed E-state index contributed by atoms with van der Waals surface area (Å²) < 4.78 is 14.7. The van der Waals surface area contributed by atoms with Crippen molar-refractivity contribution in [3.63, 3.8) is 0 Å². The first-order chi connectivity index (χ1) is 9.61. The van der Waals surface area contributed by atoms with Gasteiger partial charge in [-0.25, -0.2) is 14.2 Å². The van der Waals surface area contributed by atoms with Gasteiger partial charge in [0.25, 0.3) is 0 Å². The Kier molecular flexibility index (Phi) is 4.34. The molecule has 0 saturated heterocycles. The summed E-state index contributed by atoms with van der Waals surface area (Å²) in [5.74, 6) is -1.37. The van der Waals surface area contributed by atoms with E-state index in [4.69, 9.17) is 0 Å². The second-order valence-electron chi connectivity index (χ2n) is 4.43. The van der Waals surface area contributed by atoms with Gasteiger partial charge in [-0.3, -0.25) is 0 Å². The molecule has 106 valence electrons. The number of halogens is 1. The summed E-state index contributed by atoms with van der Waals surface area (Å²) in [6.45, 7) is 2.71. The van der Waals surface area contributed by atoms with Gasteiger partial charge >= 0.3 is 5.97 Å². The summed E-state index contributed by atoms with van der Waals surface area (Å²) in [5.41, 5.74) is 1.12. The van der Waals surface area contributed by atoms with Crippen molar-refractivity contribution in [1.29, 1.82) is 0 Å². The van der Waals surface area contributed by atoms with Crippen molar-refractivity contribution >= 4 is 11.7 Å². The van der Waals surface area contributed by atoms with Crippen molar-refractivity contribution in [1.82, 2.24) is 9.55 Å².